The van der Waals surface area contributed by atoms with Crippen molar-refractivity contribution in [1.82, 2.24) is 10.3 Å². The maximum atomic E-state index is 4.47. The van der Waals surface area contributed by atoms with Crippen molar-refractivity contribution < 1.29 is 0 Å². The van der Waals surface area contributed by atoms with E-state index in [1.807, 2.05) is 23.6 Å². The van der Waals surface area contributed by atoms with Crippen LogP contribution in [0.5, 0.6) is 0 Å². The average molecular weight is 274 g/mol. The van der Waals surface area contributed by atoms with Gasteiger partial charge >= 0.3 is 0 Å². The summed E-state index contributed by atoms with van der Waals surface area (Å²) in [6.07, 6.45) is 5.48. The lowest BCUT2D eigenvalue weighted by Gasteiger charge is -2.23. The van der Waals surface area contributed by atoms with Crippen LogP contribution in [0.2, 0.25) is 0 Å². The Balaban J connectivity index is 1.85. The van der Waals surface area contributed by atoms with Crippen LogP contribution in [-0.2, 0) is 6.42 Å². The maximum Gasteiger partial charge on any atom is 0.0447 e. The Hall–Kier alpha value is -1.19. The van der Waals surface area contributed by atoms with E-state index in [0.717, 1.165) is 0 Å². The zero-order chi connectivity index (χ0) is 13.5. The number of aromatic nitrogens is 1. The van der Waals surface area contributed by atoms with Gasteiger partial charge in [-0.25, -0.2) is 0 Å². The first-order valence-corrected chi connectivity index (χ1v) is 7.80. The number of aryl methyl sites for hydroxylation is 1. The zero-order valence-corrected chi connectivity index (χ0v) is 12.5. The highest BCUT2D eigenvalue weighted by atomic mass is 32.1. The Labute approximate surface area is 119 Å². The summed E-state index contributed by atoms with van der Waals surface area (Å²) in [7, 11) is 2.05. The first-order valence-electron chi connectivity index (χ1n) is 6.92. The number of likely N-dealkylation sites (N-methyl/N-ethyl adjacent to an activating group) is 1. The summed E-state index contributed by atoms with van der Waals surface area (Å²) < 4.78 is 0. The monoisotopic (exact) mass is 274 g/mol. The van der Waals surface area contributed by atoms with Crippen molar-refractivity contribution in [2.24, 2.45) is 0 Å². The van der Waals surface area contributed by atoms with Crippen LogP contribution in [0, 0.1) is 0 Å². The zero-order valence-electron chi connectivity index (χ0n) is 11.7. The van der Waals surface area contributed by atoms with E-state index < -0.39 is 0 Å². The van der Waals surface area contributed by atoms with E-state index in [-0.39, 0.29) is 0 Å². The summed E-state index contributed by atoms with van der Waals surface area (Å²) in [6, 6.07) is 11.0. The number of nitrogens with zero attached hydrogens (tertiary/aromatic N) is 1. The highest BCUT2D eigenvalue weighted by molar-refractivity contribution is 7.09. The SMILES string of the molecule is CNC(CCCc1cccs1)C(C)c1ccccn1. The van der Waals surface area contributed by atoms with Gasteiger partial charge in [0.1, 0.15) is 0 Å². The molecular weight excluding hydrogens is 252 g/mol. The third-order valence-corrected chi connectivity index (χ3v) is 4.58. The molecule has 2 rings (SSSR count). The predicted molar refractivity (Wildman–Crippen MR) is 82.8 cm³/mol. The van der Waals surface area contributed by atoms with Gasteiger partial charge in [-0.2, -0.15) is 0 Å². The van der Waals surface area contributed by atoms with Crippen molar-refractivity contribution in [3.05, 3.63) is 52.5 Å². The van der Waals surface area contributed by atoms with E-state index in [2.05, 4.69) is 53.9 Å². The van der Waals surface area contributed by atoms with Crippen LogP contribution in [0.25, 0.3) is 0 Å². The Morgan fingerprint density at radius 1 is 1.26 bits per heavy atom. The fourth-order valence-electron chi connectivity index (χ4n) is 2.45. The number of thiophene rings is 1. The van der Waals surface area contributed by atoms with Gasteiger partial charge in [0, 0.05) is 28.7 Å². The number of nitrogens with one attached hydrogen (secondary N) is 1. The van der Waals surface area contributed by atoms with Crippen LogP contribution in [0.1, 0.15) is 36.3 Å². The van der Waals surface area contributed by atoms with Crippen molar-refractivity contribution >= 4 is 11.3 Å². The molecule has 0 aliphatic rings. The van der Waals surface area contributed by atoms with E-state index in [4.69, 9.17) is 0 Å². The van der Waals surface area contributed by atoms with E-state index >= 15 is 0 Å². The van der Waals surface area contributed by atoms with Crippen molar-refractivity contribution in [2.45, 2.75) is 38.1 Å². The van der Waals surface area contributed by atoms with Gasteiger partial charge in [-0.3, -0.25) is 4.98 Å². The van der Waals surface area contributed by atoms with Crippen LogP contribution in [0.3, 0.4) is 0 Å². The molecule has 0 saturated carbocycles. The van der Waals surface area contributed by atoms with Crippen LogP contribution >= 0.6 is 11.3 Å². The highest BCUT2D eigenvalue weighted by Crippen LogP contribution is 2.21. The molecule has 19 heavy (non-hydrogen) atoms. The minimum atomic E-state index is 0.453. The third kappa shape index (κ3) is 4.15. The van der Waals surface area contributed by atoms with Crippen LogP contribution in [0.15, 0.2) is 41.9 Å². The quantitative estimate of drug-likeness (QED) is 0.829. The lowest BCUT2D eigenvalue weighted by atomic mass is 9.93. The second kappa shape index (κ2) is 7.41. The van der Waals surface area contributed by atoms with Crippen molar-refractivity contribution in [1.29, 1.82) is 0 Å². The molecule has 102 valence electrons. The van der Waals surface area contributed by atoms with Gasteiger partial charge < -0.3 is 5.32 Å². The first-order chi connectivity index (χ1) is 9.31. The van der Waals surface area contributed by atoms with Gasteiger partial charge in [-0.1, -0.05) is 19.1 Å². The number of pyridine rings is 1. The second-order valence-electron chi connectivity index (χ2n) is 4.91. The first kappa shape index (κ1) is 14.2. The molecule has 0 fully saturated rings. The molecule has 2 aromatic rings. The molecular formula is C16H22N2S. The van der Waals surface area contributed by atoms with E-state index in [1.165, 1.54) is 29.8 Å². The van der Waals surface area contributed by atoms with Gasteiger partial charge in [0.25, 0.3) is 0 Å². The normalized spacial score (nSPS) is 14.2. The molecule has 0 radical (unpaired) electrons. The van der Waals surface area contributed by atoms with Gasteiger partial charge in [-0.15, -0.1) is 11.3 Å². The molecule has 2 unspecified atom stereocenters. The molecule has 0 aromatic carbocycles. The standard InChI is InChI=1S/C16H22N2S/c1-13(16-9-3-4-11-18-16)15(17-2)10-5-7-14-8-6-12-19-14/h3-4,6,8-9,11-13,15,17H,5,7,10H2,1-2H3. The Kier molecular flexibility index (Phi) is 5.55. The Morgan fingerprint density at radius 2 is 2.16 bits per heavy atom. The molecule has 0 aliphatic heterocycles. The summed E-state index contributed by atoms with van der Waals surface area (Å²) in [4.78, 5) is 5.95. The van der Waals surface area contributed by atoms with E-state index in [0.29, 0.717) is 12.0 Å². The van der Waals surface area contributed by atoms with Gasteiger partial charge in [-0.05, 0) is 49.9 Å². The van der Waals surface area contributed by atoms with Gasteiger partial charge in [0.05, 0.1) is 0 Å². The number of rotatable bonds is 7. The summed E-state index contributed by atoms with van der Waals surface area (Å²) >= 11 is 1.85. The maximum absolute atomic E-state index is 4.47. The molecule has 2 aromatic heterocycles. The summed E-state index contributed by atoms with van der Waals surface area (Å²) in [5.41, 5.74) is 1.18. The minimum Gasteiger partial charge on any atom is -0.316 e. The molecule has 2 heterocycles. The lowest BCUT2D eigenvalue weighted by Crippen LogP contribution is -2.31. The molecule has 0 bridgehead atoms. The molecule has 0 saturated heterocycles. The topological polar surface area (TPSA) is 24.9 Å². The second-order valence-corrected chi connectivity index (χ2v) is 5.94. The van der Waals surface area contributed by atoms with Crippen LogP contribution < -0.4 is 5.32 Å². The highest BCUT2D eigenvalue weighted by Gasteiger charge is 2.17. The summed E-state index contributed by atoms with van der Waals surface area (Å²) in [6.45, 7) is 2.26. The smallest absolute Gasteiger partial charge is 0.0447 e. The molecule has 0 aliphatic carbocycles. The molecule has 1 N–H and O–H groups in total. The lowest BCUT2D eigenvalue weighted by molar-refractivity contribution is 0.438. The molecule has 3 heteroatoms. The number of hydrogen-bond donors (Lipinski definition) is 1. The van der Waals surface area contributed by atoms with Gasteiger partial charge in [0.2, 0.25) is 0 Å². The van der Waals surface area contributed by atoms with Gasteiger partial charge in [0.15, 0.2) is 0 Å². The molecule has 2 nitrogen and oxygen atoms in total. The largest absolute Gasteiger partial charge is 0.316 e. The summed E-state index contributed by atoms with van der Waals surface area (Å²) in [5.74, 6) is 0.453. The van der Waals surface area contributed by atoms with Crippen molar-refractivity contribution in [2.75, 3.05) is 7.05 Å². The minimum absolute atomic E-state index is 0.453. The fraction of sp³-hybridized carbons (Fsp3) is 0.438. The average Bonchev–Trinajstić information content (AvgIpc) is 2.97. The Bertz CT molecular complexity index is 453. The van der Waals surface area contributed by atoms with Crippen LogP contribution in [0.4, 0.5) is 0 Å². The summed E-state index contributed by atoms with van der Waals surface area (Å²) in [5, 5.41) is 5.60. The molecule has 0 spiro atoms. The fourth-order valence-corrected chi connectivity index (χ4v) is 3.20. The van der Waals surface area contributed by atoms with E-state index in [1.54, 1.807) is 0 Å². The Morgan fingerprint density at radius 3 is 2.79 bits per heavy atom. The van der Waals surface area contributed by atoms with Crippen LogP contribution in [-0.4, -0.2) is 18.1 Å². The molecule has 0 amide bonds. The predicted octanol–water partition coefficient (Wildman–Crippen LogP) is 3.86. The van der Waals surface area contributed by atoms with Crippen molar-refractivity contribution in [3.8, 4) is 0 Å². The number of hydrogen-bond acceptors (Lipinski definition) is 3. The third-order valence-electron chi connectivity index (χ3n) is 3.65. The molecule has 2 atom stereocenters. The van der Waals surface area contributed by atoms with Crippen molar-refractivity contribution in [3.63, 3.8) is 0 Å². The van der Waals surface area contributed by atoms with E-state index in [9.17, 15) is 0 Å².